The molecule has 0 unspecified atom stereocenters. The quantitative estimate of drug-likeness (QED) is 0.648. The zero-order valence-electron chi connectivity index (χ0n) is 10.3. The lowest BCUT2D eigenvalue weighted by atomic mass is 10.2. The molecule has 0 N–H and O–H groups in total. The fourth-order valence-corrected chi connectivity index (χ4v) is 1.09. The average molecular weight is 204 g/mol. The third-order valence-electron chi connectivity index (χ3n) is 1.66. The lowest BCUT2D eigenvalue weighted by Gasteiger charge is -1.95. The zero-order chi connectivity index (χ0) is 11.7. The first-order valence-corrected chi connectivity index (χ1v) is 5.52. The molecule has 0 saturated heterocycles. The van der Waals surface area contributed by atoms with Gasteiger partial charge in [-0.3, -0.25) is 9.97 Å². The Bertz CT molecular complexity index is 383. The van der Waals surface area contributed by atoms with E-state index in [0.717, 1.165) is 16.5 Å². The summed E-state index contributed by atoms with van der Waals surface area (Å²) >= 11 is 0. The highest BCUT2D eigenvalue weighted by atomic mass is 14.7. The molecule has 2 heteroatoms. The van der Waals surface area contributed by atoms with Crippen LogP contribution >= 0.6 is 0 Å². The van der Waals surface area contributed by atoms with E-state index in [2.05, 4.69) is 9.97 Å². The highest BCUT2D eigenvalue weighted by molar-refractivity contribution is 5.80. The number of rotatable bonds is 0. The minimum absolute atomic E-state index is 1.03. The van der Waals surface area contributed by atoms with Gasteiger partial charge in [-0.05, 0) is 19.1 Å². The first kappa shape index (κ1) is 13.6. The predicted molar refractivity (Wildman–Crippen MR) is 67.0 cm³/mol. The van der Waals surface area contributed by atoms with Gasteiger partial charge in [0.1, 0.15) is 0 Å². The Morgan fingerprint density at radius 2 is 1.60 bits per heavy atom. The number of nitrogens with zero attached hydrogens (tertiary/aromatic N) is 2. The third kappa shape index (κ3) is 4.07. The molecule has 15 heavy (non-hydrogen) atoms. The molecular formula is C13H20N2. The van der Waals surface area contributed by atoms with Gasteiger partial charge in [0.15, 0.2) is 0 Å². The summed E-state index contributed by atoms with van der Waals surface area (Å²) in [4.78, 5) is 8.21. The molecule has 2 aromatic heterocycles. The fraction of sp³-hybridized carbons (Fsp3) is 0.385. The van der Waals surface area contributed by atoms with Crippen LogP contribution in [0.15, 0.2) is 30.7 Å². The second kappa shape index (κ2) is 7.92. The van der Waals surface area contributed by atoms with Gasteiger partial charge in [0.25, 0.3) is 0 Å². The number of hydrogen-bond acceptors (Lipinski definition) is 2. The maximum Gasteiger partial charge on any atom is 0.0379 e. The van der Waals surface area contributed by atoms with Crippen molar-refractivity contribution in [2.45, 2.75) is 34.6 Å². The van der Waals surface area contributed by atoms with Crippen molar-refractivity contribution < 1.29 is 0 Å². The van der Waals surface area contributed by atoms with Crippen LogP contribution in [0.5, 0.6) is 0 Å². The second-order valence-corrected chi connectivity index (χ2v) is 2.55. The monoisotopic (exact) mass is 204 g/mol. The molecule has 2 aromatic rings. The van der Waals surface area contributed by atoms with Crippen molar-refractivity contribution in [3.63, 3.8) is 0 Å². The molecule has 2 nitrogen and oxygen atoms in total. The van der Waals surface area contributed by atoms with E-state index < -0.39 is 0 Å². The molecule has 0 bridgehead atoms. The summed E-state index contributed by atoms with van der Waals surface area (Å²) in [7, 11) is 0. The second-order valence-electron chi connectivity index (χ2n) is 2.55. The van der Waals surface area contributed by atoms with Gasteiger partial charge in [-0.15, -0.1) is 0 Å². The number of fused-ring (bicyclic) bond motifs is 1. The number of aromatic nitrogens is 2. The molecule has 0 spiro atoms. The van der Waals surface area contributed by atoms with Gasteiger partial charge in [0.05, 0.1) is 0 Å². The predicted octanol–water partition coefficient (Wildman–Crippen LogP) is 3.99. The highest BCUT2D eigenvalue weighted by Crippen LogP contribution is 2.10. The third-order valence-corrected chi connectivity index (χ3v) is 1.66. The summed E-state index contributed by atoms with van der Waals surface area (Å²) in [5, 5.41) is 2.30. The molecule has 82 valence electrons. The van der Waals surface area contributed by atoms with Crippen molar-refractivity contribution in [3.05, 3.63) is 36.4 Å². The molecule has 0 amide bonds. The Hall–Kier alpha value is -1.44. The fourth-order valence-electron chi connectivity index (χ4n) is 1.09. The Morgan fingerprint density at radius 1 is 0.933 bits per heavy atom. The molecule has 0 aliphatic rings. The Morgan fingerprint density at radius 3 is 2.27 bits per heavy atom. The average Bonchev–Trinajstić information content (AvgIpc) is 2.34. The maximum absolute atomic E-state index is 4.18. The minimum Gasteiger partial charge on any atom is -0.264 e. The number of aryl methyl sites for hydroxylation is 1. The maximum atomic E-state index is 4.18. The van der Waals surface area contributed by atoms with E-state index >= 15 is 0 Å². The standard InChI is InChI=1S/C9H8N2.2C2H6/c1-7-4-9-5-10-3-2-8(9)6-11-7;2*1-2/h2-6H,1H3;2*1-2H3. The van der Waals surface area contributed by atoms with Crippen LogP contribution in [0.4, 0.5) is 0 Å². The SMILES string of the molecule is CC.CC.Cc1cc2cnccc2cn1. The van der Waals surface area contributed by atoms with E-state index in [1.54, 1.807) is 6.20 Å². The van der Waals surface area contributed by atoms with Gasteiger partial charge in [-0.2, -0.15) is 0 Å². The molecule has 0 aromatic carbocycles. The molecular weight excluding hydrogens is 184 g/mol. The van der Waals surface area contributed by atoms with Crippen LogP contribution in [0.25, 0.3) is 10.8 Å². The molecule has 2 heterocycles. The molecule has 0 fully saturated rings. The lowest BCUT2D eigenvalue weighted by Crippen LogP contribution is -1.81. The van der Waals surface area contributed by atoms with Gasteiger partial charge in [-0.1, -0.05) is 27.7 Å². The summed E-state index contributed by atoms with van der Waals surface area (Å²) in [6.07, 6.45) is 5.50. The summed E-state index contributed by atoms with van der Waals surface area (Å²) in [6, 6.07) is 3.99. The van der Waals surface area contributed by atoms with Crippen LogP contribution in [0.2, 0.25) is 0 Å². The van der Waals surface area contributed by atoms with Crippen molar-refractivity contribution in [2.75, 3.05) is 0 Å². The molecule has 0 aliphatic heterocycles. The first-order chi connectivity index (χ1) is 7.36. The van der Waals surface area contributed by atoms with E-state index in [-0.39, 0.29) is 0 Å². The normalized spacial score (nSPS) is 8.33. The highest BCUT2D eigenvalue weighted by Gasteiger charge is 1.91. The first-order valence-electron chi connectivity index (χ1n) is 5.52. The summed E-state index contributed by atoms with van der Waals surface area (Å²) in [5.41, 5.74) is 1.03. The summed E-state index contributed by atoms with van der Waals surface area (Å²) in [5.74, 6) is 0. The van der Waals surface area contributed by atoms with Crippen molar-refractivity contribution in [1.82, 2.24) is 9.97 Å². The van der Waals surface area contributed by atoms with Gasteiger partial charge >= 0.3 is 0 Å². The lowest BCUT2D eigenvalue weighted by molar-refractivity contribution is 1.22. The van der Waals surface area contributed by atoms with Crippen molar-refractivity contribution in [1.29, 1.82) is 0 Å². The molecule has 0 atom stereocenters. The van der Waals surface area contributed by atoms with Gasteiger partial charge < -0.3 is 0 Å². The van der Waals surface area contributed by atoms with Crippen LogP contribution in [-0.2, 0) is 0 Å². The van der Waals surface area contributed by atoms with Crippen LogP contribution in [0.1, 0.15) is 33.4 Å². The largest absolute Gasteiger partial charge is 0.264 e. The van der Waals surface area contributed by atoms with E-state index in [9.17, 15) is 0 Å². The summed E-state index contributed by atoms with van der Waals surface area (Å²) in [6.45, 7) is 9.98. The van der Waals surface area contributed by atoms with E-state index in [1.807, 2.05) is 59.1 Å². The van der Waals surface area contributed by atoms with Crippen molar-refractivity contribution >= 4 is 10.8 Å². The molecule has 0 radical (unpaired) electrons. The van der Waals surface area contributed by atoms with Gasteiger partial charge in [-0.25, -0.2) is 0 Å². The minimum atomic E-state index is 1.03. The van der Waals surface area contributed by atoms with Crippen LogP contribution in [-0.4, -0.2) is 9.97 Å². The smallest absolute Gasteiger partial charge is 0.0379 e. The van der Waals surface area contributed by atoms with Crippen LogP contribution in [0, 0.1) is 6.92 Å². The van der Waals surface area contributed by atoms with Gasteiger partial charge in [0, 0.05) is 35.1 Å². The van der Waals surface area contributed by atoms with E-state index in [0.29, 0.717) is 0 Å². The van der Waals surface area contributed by atoms with E-state index in [1.165, 1.54) is 0 Å². The molecule has 0 saturated carbocycles. The van der Waals surface area contributed by atoms with E-state index in [4.69, 9.17) is 0 Å². The Kier molecular flexibility index (Phi) is 7.16. The molecule has 0 aliphatic carbocycles. The van der Waals surface area contributed by atoms with Gasteiger partial charge in [0.2, 0.25) is 0 Å². The Balaban J connectivity index is 0.000000442. The topological polar surface area (TPSA) is 25.8 Å². The Labute approximate surface area is 92.4 Å². The van der Waals surface area contributed by atoms with Crippen LogP contribution in [0.3, 0.4) is 0 Å². The molecule has 2 rings (SSSR count). The van der Waals surface area contributed by atoms with Crippen molar-refractivity contribution in [3.8, 4) is 0 Å². The zero-order valence-corrected chi connectivity index (χ0v) is 10.3. The summed E-state index contributed by atoms with van der Waals surface area (Å²) < 4.78 is 0. The number of pyridine rings is 2. The number of hydrogen-bond donors (Lipinski definition) is 0. The van der Waals surface area contributed by atoms with Crippen molar-refractivity contribution in [2.24, 2.45) is 0 Å². The van der Waals surface area contributed by atoms with Crippen LogP contribution < -0.4 is 0 Å².